The molecule has 3 aromatic rings. The van der Waals surface area contributed by atoms with Crippen LogP contribution >= 0.6 is 0 Å². The zero-order valence-corrected chi connectivity index (χ0v) is 20.0. The van der Waals surface area contributed by atoms with Gasteiger partial charge in [-0.2, -0.15) is 5.10 Å². The number of amides is 2. The molecule has 0 aliphatic rings. The van der Waals surface area contributed by atoms with Gasteiger partial charge >= 0.3 is 0 Å². The number of allylic oxidation sites excluding steroid dienone is 1. The van der Waals surface area contributed by atoms with Gasteiger partial charge in [0, 0.05) is 30.6 Å². The van der Waals surface area contributed by atoms with Crippen LogP contribution < -0.4 is 15.6 Å². The summed E-state index contributed by atoms with van der Waals surface area (Å²) in [5.41, 5.74) is 5.94. The number of benzene rings is 3. The first-order valence-corrected chi connectivity index (χ1v) is 11.6. The van der Waals surface area contributed by atoms with Gasteiger partial charge in [0.15, 0.2) is 0 Å². The van der Waals surface area contributed by atoms with Gasteiger partial charge < -0.3 is 10.2 Å². The summed E-state index contributed by atoms with van der Waals surface area (Å²) in [6.07, 6.45) is 6.73. The normalized spacial score (nSPS) is 11.5. The lowest BCUT2D eigenvalue weighted by molar-refractivity contribution is -0.117. The van der Waals surface area contributed by atoms with Gasteiger partial charge in [0.1, 0.15) is 5.70 Å². The monoisotopic (exact) mass is 466 g/mol. The number of nitrogens with zero attached hydrogens (tertiary/aromatic N) is 2. The number of hydrazone groups is 1. The van der Waals surface area contributed by atoms with E-state index >= 15 is 0 Å². The van der Waals surface area contributed by atoms with Crippen molar-refractivity contribution < 1.29 is 9.59 Å². The minimum Gasteiger partial charge on any atom is -0.372 e. The third-order valence-corrected chi connectivity index (χ3v) is 5.28. The zero-order chi connectivity index (χ0) is 24.9. The van der Waals surface area contributed by atoms with Crippen LogP contribution in [0.15, 0.2) is 102 Å². The fourth-order valence-corrected chi connectivity index (χ4v) is 3.40. The molecule has 6 heteroatoms. The first kappa shape index (κ1) is 25.2. The highest BCUT2D eigenvalue weighted by atomic mass is 16.2. The van der Waals surface area contributed by atoms with Gasteiger partial charge in [-0.05, 0) is 61.4 Å². The first-order valence-electron chi connectivity index (χ1n) is 11.6. The highest BCUT2D eigenvalue weighted by molar-refractivity contribution is 6.05. The molecule has 2 N–H and O–H groups in total. The Morgan fingerprint density at radius 2 is 1.46 bits per heavy atom. The van der Waals surface area contributed by atoms with Crippen molar-refractivity contribution in [2.24, 2.45) is 5.10 Å². The van der Waals surface area contributed by atoms with Crippen molar-refractivity contribution in [3.8, 4) is 0 Å². The molecule has 0 unspecified atom stereocenters. The predicted molar refractivity (Wildman–Crippen MR) is 144 cm³/mol. The summed E-state index contributed by atoms with van der Waals surface area (Å²) in [6.45, 7) is 6.02. The van der Waals surface area contributed by atoms with E-state index in [4.69, 9.17) is 0 Å². The molecule has 0 aromatic heterocycles. The fraction of sp³-hybridized carbons (Fsp3) is 0.138. The molecule has 178 valence electrons. The molecule has 6 nitrogen and oxygen atoms in total. The van der Waals surface area contributed by atoms with E-state index in [1.807, 2.05) is 66.7 Å². The molecule has 2 amide bonds. The molecule has 0 atom stereocenters. The molecule has 0 aliphatic heterocycles. The van der Waals surface area contributed by atoms with Crippen LogP contribution in [0.2, 0.25) is 0 Å². The van der Waals surface area contributed by atoms with Crippen molar-refractivity contribution in [1.82, 2.24) is 10.7 Å². The summed E-state index contributed by atoms with van der Waals surface area (Å²) in [5.74, 6) is -0.897. The van der Waals surface area contributed by atoms with E-state index in [-0.39, 0.29) is 11.6 Å². The summed E-state index contributed by atoms with van der Waals surface area (Å²) in [7, 11) is 0. The van der Waals surface area contributed by atoms with Crippen molar-refractivity contribution in [1.29, 1.82) is 0 Å². The molecule has 0 aliphatic carbocycles. The molecule has 0 bridgehead atoms. The van der Waals surface area contributed by atoms with Crippen LogP contribution in [0.5, 0.6) is 0 Å². The van der Waals surface area contributed by atoms with Crippen molar-refractivity contribution in [2.75, 3.05) is 18.0 Å². The van der Waals surface area contributed by atoms with E-state index in [0.717, 1.165) is 29.9 Å². The molecule has 0 saturated carbocycles. The van der Waals surface area contributed by atoms with Crippen LogP contribution in [0, 0.1) is 0 Å². The van der Waals surface area contributed by atoms with Crippen molar-refractivity contribution in [3.63, 3.8) is 0 Å². The predicted octanol–water partition coefficient (Wildman–Crippen LogP) is 5.12. The molecule has 0 spiro atoms. The average Bonchev–Trinajstić information content (AvgIpc) is 2.90. The number of rotatable bonds is 10. The third-order valence-electron chi connectivity index (χ3n) is 5.28. The summed E-state index contributed by atoms with van der Waals surface area (Å²) in [4.78, 5) is 27.8. The molecule has 3 rings (SSSR count). The minimum absolute atomic E-state index is 0.0960. The second-order valence-electron chi connectivity index (χ2n) is 7.63. The van der Waals surface area contributed by atoms with Crippen LogP contribution in [-0.4, -0.2) is 31.1 Å². The second-order valence-corrected chi connectivity index (χ2v) is 7.63. The van der Waals surface area contributed by atoms with Crippen LogP contribution in [0.1, 0.15) is 35.3 Å². The maximum Gasteiger partial charge on any atom is 0.287 e. The van der Waals surface area contributed by atoms with Gasteiger partial charge in [0.05, 0.1) is 0 Å². The second kappa shape index (κ2) is 13.3. The number of hydrogen-bond acceptors (Lipinski definition) is 4. The first-order chi connectivity index (χ1) is 17.1. The highest BCUT2D eigenvalue weighted by Crippen LogP contribution is 2.16. The van der Waals surface area contributed by atoms with E-state index in [9.17, 15) is 9.59 Å². The Kier molecular flexibility index (Phi) is 9.57. The van der Waals surface area contributed by atoms with Crippen molar-refractivity contribution in [2.45, 2.75) is 13.8 Å². The lowest BCUT2D eigenvalue weighted by Crippen LogP contribution is -2.32. The van der Waals surface area contributed by atoms with Gasteiger partial charge in [-0.15, -0.1) is 0 Å². The molecule has 0 saturated heterocycles. The number of carbonyl (C=O) groups is 2. The van der Waals surface area contributed by atoms with Gasteiger partial charge in [-0.25, -0.2) is 5.43 Å². The van der Waals surface area contributed by atoms with Crippen LogP contribution in [0.3, 0.4) is 0 Å². The Bertz CT molecular complexity index is 1180. The molecular weight excluding hydrogens is 436 g/mol. The van der Waals surface area contributed by atoms with E-state index < -0.39 is 5.91 Å². The topological polar surface area (TPSA) is 73.8 Å². The number of hydrogen-bond donors (Lipinski definition) is 2. The number of carbonyl (C=O) groups excluding carboxylic acids is 2. The summed E-state index contributed by atoms with van der Waals surface area (Å²) < 4.78 is 0. The quantitative estimate of drug-likeness (QED) is 0.247. The molecule has 35 heavy (non-hydrogen) atoms. The van der Waals surface area contributed by atoms with Gasteiger partial charge in [-0.3, -0.25) is 9.59 Å². The Labute approximate surface area is 206 Å². The number of anilines is 1. The maximum absolute atomic E-state index is 12.9. The Balaban J connectivity index is 1.76. The third kappa shape index (κ3) is 7.82. The van der Waals surface area contributed by atoms with Gasteiger partial charge in [-0.1, -0.05) is 66.7 Å². The number of nitrogens with one attached hydrogen (secondary N) is 2. The molecule has 0 fully saturated rings. The molecule has 0 heterocycles. The molecular formula is C29H30N4O2. The fourth-order valence-electron chi connectivity index (χ4n) is 3.40. The zero-order valence-electron chi connectivity index (χ0n) is 20.0. The maximum atomic E-state index is 12.9. The average molecular weight is 467 g/mol. The summed E-state index contributed by atoms with van der Waals surface area (Å²) in [6, 6.07) is 26.4. The van der Waals surface area contributed by atoms with E-state index in [1.54, 1.807) is 36.4 Å². The molecule has 3 aromatic carbocycles. The van der Waals surface area contributed by atoms with Crippen molar-refractivity contribution >= 4 is 35.9 Å². The standard InChI is InChI=1S/C29H30N4O2/c1-3-33(4-2)26-19-17-24(18-20-26)22-27(31-28(34)25-15-9-6-10-16-25)29(35)32-30-21-11-14-23-12-7-5-8-13-23/h5-22H,3-4H2,1-2H3,(H,31,34)(H,32,35)/b14-11+,27-22-,30-21+. The minimum atomic E-state index is -0.522. The SMILES string of the molecule is CCN(CC)c1ccc(/C=C(\NC(=O)c2ccccc2)C(=O)N/N=C/C=C/c2ccccc2)cc1. The smallest absolute Gasteiger partial charge is 0.287 e. The highest BCUT2D eigenvalue weighted by Gasteiger charge is 2.14. The summed E-state index contributed by atoms with van der Waals surface area (Å²) >= 11 is 0. The van der Waals surface area contributed by atoms with Gasteiger partial charge in [0.25, 0.3) is 11.8 Å². The van der Waals surface area contributed by atoms with Gasteiger partial charge in [0.2, 0.25) is 0 Å². The van der Waals surface area contributed by atoms with E-state index in [2.05, 4.69) is 34.6 Å². The Morgan fingerprint density at radius 3 is 2.09 bits per heavy atom. The Hall–Kier alpha value is -4.45. The summed E-state index contributed by atoms with van der Waals surface area (Å²) in [5, 5.41) is 6.69. The lowest BCUT2D eigenvalue weighted by Gasteiger charge is -2.20. The molecule has 0 radical (unpaired) electrons. The van der Waals surface area contributed by atoms with Crippen molar-refractivity contribution in [3.05, 3.63) is 113 Å². The lowest BCUT2D eigenvalue weighted by atomic mass is 10.1. The van der Waals surface area contributed by atoms with Crippen LogP contribution in [-0.2, 0) is 4.79 Å². The largest absolute Gasteiger partial charge is 0.372 e. The Morgan fingerprint density at radius 1 is 0.829 bits per heavy atom. The van der Waals surface area contributed by atoms with E-state index in [1.165, 1.54) is 6.21 Å². The van der Waals surface area contributed by atoms with Crippen LogP contribution in [0.25, 0.3) is 12.2 Å². The van der Waals surface area contributed by atoms with E-state index in [0.29, 0.717) is 5.56 Å². The van der Waals surface area contributed by atoms with Crippen LogP contribution in [0.4, 0.5) is 5.69 Å².